The molecule has 1 nitrogen and oxygen atoms in total. The van der Waals surface area contributed by atoms with Gasteiger partial charge < -0.3 is 4.90 Å². The van der Waals surface area contributed by atoms with Crippen LogP contribution in [0.1, 0.15) is 23.6 Å². The van der Waals surface area contributed by atoms with E-state index >= 15 is 0 Å². The maximum Gasteiger partial charge on any atom is 0.0347 e. The molecule has 0 aliphatic heterocycles. The van der Waals surface area contributed by atoms with E-state index in [9.17, 15) is 0 Å². The molecule has 1 unspecified atom stereocenters. The van der Waals surface area contributed by atoms with Crippen LogP contribution in [0.15, 0.2) is 24.3 Å². The highest BCUT2D eigenvalue weighted by Gasteiger charge is 2.22. The standard InChI is InChI=1S/C11H15N/c1-12(2)11-8-7-9-5-3-4-6-10(9)11/h3-6,11H,7-8H2,1-2H3. The van der Waals surface area contributed by atoms with E-state index in [-0.39, 0.29) is 0 Å². The predicted octanol–water partition coefficient (Wildman–Crippen LogP) is 2.24. The Kier molecular flexibility index (Phi) is 1.89. The normalized spacial score (nSPS) is 21.4. The fourth-order valence-corrected chi connectivity index (χ4v) is 2.07. The van der Waals surface area contributed by atoms with E-state index in [0.717, 1.165) is 0 Å². The molecular formula is C11H15N. The van der Waals surface area contributed by atoms with Crippen molar-refractivity contribution in [3.8, 4) is 0 Å². The van der Waals surface area contributed by atoms with Crippen molar-refractivity contribution < 1.29 is 0 Å². The number of benzene rings is 1. The van der Waals surface area contributed by atoms with E-state index in [1.807, 2.05) is 0 Å². The first-order valence-electron chi connectivity index (χ1n) is 4.53. The van der Waals surface area contributed by atoms with Crippen molar-refractivity contribution in [1.82, 2.24) is 4.90 Å². The van der Waals surface area contributed by atoms with E-state index in [0.29, 0.717) is 6.04 Å². The molecule has 0 aromatic heterocycles. The number of rotatable bonds is 1. The molecule has 0 saturated carbocycles. The maximum absolute atomic E-state index is 2.31. The Morgan fingerprint density at radius 3 is 2.75 bits per heavy atom. The van der Waals surface area contributed by atoms with Gasteiger partial charge in [-0.25, -0.2) is 0 Å². The molecule has 0 saturated heterocycles. The van der Waals surface area contributed by atoms with Crippen LogP contribution in [0.25, 0.3) is 0 Å². The molecule has 0 amide bonds. The lowest BCUT2D eigenvalue weighted by Gasteiger charge is -2.19. The summed E-state index contributed by atoms with van der Waals surface area (Å²) in [5, 5.41) is 0. The number of hydrogen-bond donors (Lipinski definition) is 0. The van der Waals surface area contributed by atoms with Gasteiger partial charge >= 0.3 is 0 Å². The van der Waals surface area contributed by atoms with Gasteiger partial charge in [0.05, 0.1) is 0 Å². The maximum atomic E-state index is 2.31. The molecule has 1 aliphatic rings. The molecule has 0 bridgehead atoms. The highest BCUT2D eigenvalue weighted by atomic mass is 15.1. The summed E-state index contributed by atoms with van der Waals surface area (Å²) in [6.45, 7) is 0. The summed E-state index contributed by atoms with van der Waals surface area (Å²) in [4.78, 5) is 2.31. The third-order valence-electron chi connectivity index (χ3n) is 2.72. The van der Waals surface area contributed by atoms with Crippen molar-refractivity contribution in [2.24, 2.45) is 0 Å². The van der Waals surface area contributed by atoms with Gasteiger partial charge in [-0.15, -0.1) is 0 Å². The number of fused-ring (bicyclic) bond motifs is 1. The van der Waals surface area contributed by atoms with Crippen molar-refractivity contribution in [2.75, 3.05) is 14.1 Å². The average Bonchev–Trinajstić information content (AvgIpc) is 2.47. The second kappa shape index (κ2) is 2.91. The molecule has 1 aromatic carbocycles. The molecule has 0 heterocycles. The Hall–Kier alpha value is -0.820. The number of hydrogen-bond acceptors (Lipinski definition) is 1. The summed E-state index contributed by atoms with van der Waals surface area (Å²) in [5.41, 5.74) is 3.07. The van der Waals surface area contributed by atoms with Crippen LogP contribution in [0.4, 0.5) is 0 Å². The van der Waals surface area contributed by atoms with Crippen LogP contribution >= 0.6 is 0 Å². The fraction of sp³-hybridized carbons (Fsp3) is 0.455. The highest BCUT2D eigenvalue weighted by Crippen LogP contribution is 2.33. The second-order valence-corrected chi connectivity index (χ2v) is 3.72. The monoisotopic (exact) mass is 161 g/mol. The van der Waals surface area contributed by atoms with Crippen LogP contribution in [-0.4, -0.2) is 19.0 Å². The Morgan fingerprint density at radius 2 is 2.00 bits per heavy atom. The lowest BCUT2D eigenvalue weighted by atomic mass is 10.1. The van der Waals surface area contributed by atoms with Crippen LogP contribution in [0, 0.1) is 0 Å². The summed E-state index contributed by atoms with van der Waals surface area (Å²) in [6, 6.07) is 9.44. The third kappa shape index (κ3) is 1.14. The minimum absolute atomic E-state index is 0.654. The summed E-state index contributed by atoms with van der Waals surface area (Å²) in [5.74, 6) is 0. The molecule has 64 valence electrons. The average molecular weight is 161 g/mol. The van der Waals surface area contributed by atoms with Crippen molar-refractivity contribution >= 4 is 0 Å². The van der Waals surface area contributed by atoms with Gasteiger partial charge in [0, 0.05) is 6.04 Å². The SMILES string of the molecule is CN(C)C1CCc2ccccc21. The minimum Gasteiger partial charge on any atom is -0.302 e. The summed E-state index contributed by atoms with van der Waals surface area (Å²) in [7, 11) is 4.32. The summed E-state index contributed by atoms with van der Waals surface area (Å²) < 4.78 is 0. The molecule has 1 aliphatic carbocycles. The van der Waals surface area contributed by atoms with Gasteiger partial charge in [-0.2, -0.15) is 0 Å². The molecule has 2 rings (SSSR count). The minimum atomic E-state index is 0.654. The van der Waals surface area contributed by atoms with Gasteiger partial charge in [0.15, 0.2) is 0 Å². The van der Waals surface area contributed by atoms with E-state index in [2.05, 4.69) is 43.3 Å². The zero-order valence-corrected chi connectivity index (χ0v) is 7.75. The molecule has 1 atom stereocenters. The Labute approximate surface area is 74.0 Å². The van der Waals surface area contributed by atoms with Crippen LogP contribution in [0.5, 0.6) is 0 Å². The van der Waals surface area contributed by atoms with Gasteiger partial charge in [-0.1, -0.05) is 24.3 Å². The highest BCUT2D eigenvalue weighted by molar-refractivity contribution is 5.34. The molecule has 0 N–H and O–H groups in total. The Bertz CT molecular complexity index is 278. The number of nitrogens with zero attached hydrogens (tertiary/aromatic N) is 1. The third-order valence-corrected chi connectivity index (χ3v) is 2.72. The molecule has 0 spiro atoms. The van der Waals surface area contributed by atoms with Gasteiger partial charge in [0.25, 0.3) is 0 Å². The molecule has 1 heteroatoms. The molecule has 0 fully saturated rings. The van der Waals surface area contributed by atoms with E-state index in [1.165, 1.54) is 24.0 Å². The Balaban J connectivity index is 2.36. The van der Waals surface area contributed by atoms with Crippen LogP contribution in [0.3, 0.4) is 0 Å². The summed E-state index contributed by atoms with van der Waals surface area (Å²) >= 11 is 0. The lowest BCUT2D eigenvalue weighted by Crippen LogP contribution is -2.17. The van der Waals surface area contributed by atoms with Crippen molar-refractivity contribution in [1.29, 1.82) is 0 Å². The summed E-state index contributed by atoms with van der Waals surface area (Å²) in [6.07, 6.45) is 2.53. The van der Waals surface area contributed by atoms with Crippen molar-refractivity contribution in [3.63, 3.8) is 0 Å². The van der Waals surface area contributed by atoms with Crippen LogP contribution in [-0.2, 0) is 6.42 Å². The zero-order valence-electron chi connectivity index (χ0n) is 7.75. The largest absolute Gasteiger partial charge is 0.302 e. The first kappa shape index (κ1) is 7.81. The van der Waals surface area contributed by atoms with Gasteiger partial charge in [-0.05, 0) is 38.1 Å². The van der Waals surface area contributed by atoms with E-state index in [4.69, 9.17) is 0 Å². The number of aryl methyl sites for hydroxylation is 1. The molecule has 0 radical (unpaired) electrons. The van der Waals surface area contributed by atoms with Crippen molar-refractivity contribution in [3.05, 3.63) is 35.4 Å². The van der Waals surface area contributed by atoms with Crippen LogP contribution < -0.4 is 0 Å². The topological polar surface area (TPSA) is 3.24 Å². The van der Waals surface area contributed by atoms with Gasteiger partial charge in [-0.3, -0.25) is 0 Å². The molecule has 12 heavy (non-hydrogen) atoms. The second-order valence-electron chi connectivity index (χ2n) is 3.72. The predicted molar refractivity (Wildman–Crippen MR) is 51.2 cm³/mol. The van der Waals surface area contributed by atoms with Gasteiger partial charge in [0.1, 0.15) is 0 Å². The molecule has 1 aromatic rings. The van der Waals surface area contributed by atoms with Gasteiger partial charge in [0.2, 0.25) is 0 Å². The molecular weight excluding hydrogens is 146 g/mol. The zero-order chi connectivity index (χ0) is 8.55. The smallest absolute Gasteiger partial charge is 0.0347 e. The fourth-order valence-electron chi connectivity index (χ4n) is 2.07. The lowest BCUT2D eigenvalue weighted by molar-refractivity contribution is 0.299. The van der Waals surface area contributed by atoms with Crippen molar-refractivity contribution in [2.45, 2.75) is 18.9 Å². The first-order valence-corrected chi connectivity index (χ1v) is 4.53. The van der Waals surface area contributed by atoms with Crippen LogP contribution in [0.2, 0.25) is 0 Å². The Morgan fingerprint density at radius 1 is 1.25 bits per heavy atom. The quantitative estimate of drug-likeness (QED) is 0.610. The van der Waals surface area contributed by atoms with E-state index < -0.39 is 0 Å². The first-order chi connectivity index (χ1) is 5.79. The van der Waals surface area contributed by atoms with E-state index in [1.54, 1.807) is 0 Å².